The highest BCUT2D eigenvalue weighted by molar-refractivity contribution is 5.71. The zero-order valence-corrected chi connectivity index (χ0v) is 12.8. The molecule has 112 valence electrons. The highest BCUT2D eigenvalue weighted by Crippen LogP contribution is 2.20. The summed E-state index contributed by atoms with van der Waals surface area (Å²) in [6.45, 7) is 7.32. The third-order valence-corrected chi connectivity index (χ3v) is 3.44. The second kappa shape index (κ2) is 7.09. The van der Waals surface area contributed by atoms with Gasteiger partial charge in [-0.3, -0.25) is 4.79 Å². The molecule has 1 heterocycles. The van der Waals surface area contributed by atoms with Crippen LogP contribution < -0.4 is 5.32 Å². The van der Waals surface area contributed by atoms with E-state index >= 15 is 0 Å². The van der Waals surface area contributed by atoms with E-state index in [0.29, 0.717) is 13.2 Å². The highest BCUT2D eigenvalue weighted by atomic mass is 16.5. The number of aryl methyl sites for hydroxylation is 1. The van der Waals surface area contributed by atoms with Gasteiger partial charge < -0.3 is 14.6 Å². The third-order valence-electron chi connectivity index (χ3n) is 3.44. The number of carbonyl (C=O) groups is 1. The van der Waals surface area contributed by atoms with E-state index in [4.69, 9.17) is 4.74 Å². The lowest BCUT2D eigenvalue weighted by molar-refractivity contribution is -0.142. The molecular formula is C17H22N2O2. The van der Waals surface area contributed by atoms with Crippen LogP contribution in [-0.4, -0.2) is 23.7 Å². The van der Waals surface area contributed by atoms with E-state index in [1.165, 1.54) is 17.0 Å². The minimum Gasteiger partial charge on any atom is -0.465 e. The number of nitrogens with zero attached hydrogens (tertiary/aromatic N) is 1. The highest BCUT2D eigenvalue weighted by Gasteiger charge is 2.10. The number of aromatic nitrogens is 1. The quantitative estimate of drug-likeness (QED) is 0.830. The van der Waals surface area contributed by atoms with Gasteiger partial charge in [-0.15, -0.1) is 0 Å². The van der Waals surface area contributed by atoms with E-state index in [1.54, 1.807) is 0 Å². The number of esters is 1. The molecule has 0 radical (unpaired) electrons. The first-order valence-electron chi connectivity index (χ1n) is 7.23. The van der Waals surface area contributed by atoms with E-state index in [9.17, 15) is 4.79 Å². The van der Waals surface area contributed by atoms with E-state index < -0.39 is 0 Å². The Balaban J connectivity index is 2.08. The van der Waals surface area contributed by atoms with Crippen molar-refractivity contribution in [3.63, 3.8) is 0 Å². The Bertz CT molecular complexity index is 603. The molecule has 2 aromatic rings. The van der Waals surface area contributed by atoms with Crippen molar-refractivity contribution in [2.45, 2.75) is 27.3 Å². The SMILES string of the molecule is CCOC(=O)CNCc1cc(C)n(-c2ccccc2)c1C. The third kappa shape index (κ3) is 3.73. The predicted octanol–water partition coefficient (Wildman–Crippen LogP) is 2.75. The summed E-state index contributed by atoms with van der Waals surface area (Å²) < 4.78 is 7.13. The molecule has 2 rings (SSSR count). The minimum atomic E-state index is -0.214. The monoisotopic (exact) mass is 286 g/mol. The van der Waals surface area contributed by atoms with Gasteiger partial charge >= 0.3 is 5.97 Å². The zero-order valence-electron chi connectivity index (χ0n) is 12.8. The van der Waals surface area contributed by atoms with Crippen LogP contribution in [-0.2, 0) is 16.1 Å². The number of para-hydroxylation sites is 1. The van der Waals surface area contributed by atoms with Crippen molar-refractivity contribution in [3.05, 3.63) is 53.3 Å². The Morgan fingerprint density at radius 1 is 1.24 bits per heavy atom. The lowest BCUT2D eigenvalue weighted by atomic mass is 10.2. The van der Waals surface area contributed by atoms with Gasteiger partial charge in [-0.05, 0) is 44.5 Å². The Morgan fingerprint density at radius 2 is 1.95 bits per heavy atom. The van der Waals surface area contributed by atoms with Crippen LogP contribution in [0, 0.1) is 13.8 Å². The molecule has 0 bridgehead atoms. The van der Waals surface area contributed by atoms with Gasteiger partial charge in [-0.1, -0.05) is 18.2 Å². The number of ether oxygens (including phenoxy) is 1. The molecule has 4 heteroatoms. The molecule has 1 aromatic carbocycles. The molecule has 1 aromatic heterocycles. The Labute approximate surface area is 125 Å². The van der Waals surface area contributed by atoms with Crippen LogP contribution in [0.5, 0.6) is 0 Å². The van der Waals surface area contributed by atoms with Crippen LogP contribution in [0.3, 0.4) is 0 Å². The van der Waals surface area contributed by atoms with Crippen LogP contribution in [0.1, 0.15) is 23.9 Å². The Hall–Kier alpha value is -2.07. The molecule has 1 N–H and O–H groups in total. The molecule has 0 aliphatic rings. The Kier molecular flexibility index (Phi) is 5.17. The van der Waals surface area contributed by atoms with Crippen molar-refractivity contribution in [1.29, 1.82) is 0 Å². The fourth-order valence-electron chi connectivity index (χ4n) is 2.49. The average molecular weight is 286 g/mol. The standard InChI is InChI=1S/C17H22N2O2/c1-4-21-17(20)12-18-11-15-10-13(2)19(14(15)3)16-8-6-5-7-9-16/h5-10,18H,4,11-12H2,1-3H3. The maximum atomic E-state index is 11.3. The summed E-state index contributed by atoms with van der Waals surface area (Å²) in [5.41, 5.74) is 4.73. The van der Waals surface area contributed by atoms with E-state index in [-0.39, 0.29) is 12.5 Å². The molecule has 0 saturated carbocycles. The molecule has 4 nitrogen and oxygen atoms in total. The molecule has 0 fully saturated rings. The van der Waals surface area contributed by atoms with Crippen molar-refractivity contribution >= 4 is 5.97 Å². The van der Waals surface area contributed by atoms with Gasteiger partial charge in [0.25, 0.3) is 0 Å². The minimum absolute atomic E-state index is 0.214. The largest absolute Gasteiger partial charge is 0.465 e. The first kappa shape index (κ1) is 15.3. The van der Waals surface area contributed by atoms with Gasteiger partial charge in [0.05, 0.1) is 13.2 Å². The predicted molar refractivity (Wildman–Crippen MR) is 83.6 cm³/mol. The van der Waals surface area contributed by atoms with Crippen LogP contribution in [0.25, 0.3) is 5.69 Å². The lowest BCUT2D eigenvalue weighted by Gasteiger charge is -2.10. The van der Waals surface area contributed by atoms with Gasteiger partial charge in [-0.2, -0.15) is 0 Å². The van der Waals surface area contributed by atoms with Crippen LogP contribution in [0.4, 0.5) is 0 Å². The van der Waals surface area contributed by atoms with Crippen molar-refractivity contribution in [3.8, 4) is 5.69 Å². The normalized spacial score (nSPS) is 10.6. The van der Waals surface area contributed by atoms with Gasteiger partial charge in [0.2, 0.25) is 0 Å². The van der Waals surface area contributed by atoms with E-state index in [0.717, 1.165) is 5.69 Å². The Morgan fingerprint density at radius 3 is 2.62 bits per heavy atom. The number of hydrogen-bond donors (Lipinski definition) is 1. The summed E-state index contributed by atoms with van der Waals surface area (Å²) in [6.07, 6.45) is 0. The van der Waals surface area contributed by atoms with E-state index in [2.05, 4.69) is 41.9 Å². The number of hydrogen-bond acceptors (Lipinski definition) is 3. The first-order chi connectivity index (χ1) is 10.1. The number of benzene rings is 1. The number of carbonyl (C=O) groups excluding carboxylic acids is 1. The summed E-state index contributed by atoms with van der Waals surface area (Å²) >= 11 is 0. The van der Waals surface area contributed by atoms with Crippen molar-refractivity contribution in [2.24, 2.45) is 0 Å². The van der Waals surface area contributed by atoms with Gasteiger partial charge in [0, 0.05) is 23.6 Å². The van der Waals surface area contributed by atoms with Gasteiger partial charge in [0.1, 0.15) is 0 Å². The van der Waals surface area contributed by atoms with Crippen molar-refractivity contribution < 1.29 is 9.53 Å². The zero-order chi connectivity index (χ0) is 15.2. The maximum absolute atomic E-state index is 11.3. The van der Waals surface area contributed by atoms with Crippen LogP contribution >= 0.6 is 0 Å². The van der Waals surface area contributed by atoms with Crippen LogP contribution in [0.15, 0.2) is 36.4 Å². The number of nitrogens with one attached hydrogen (secondary N) is 1. The second-order valence-corrected chi connectivity index (χ2v) is 4.98. The lowest BCUT2D eigenvalue weighted by Crippen LogP contribution is -2.24. The summed E-state index contributed by atoms with van der Waals surface area (Å²) in [4.78, 5) is 11.3. The molecule has 0 spiro atoms. The molecule has 0 unspecified atom stereocenters. The fourth-order valence-corrected chi connectivity index (χ4v) is 2.49. The fraction of sp³-hybridized carbons (Fsp3) is 0.353. The van der Waals surface area contributed by atoms with Crippen molar-refractivity contribution in [1.82, 2.24) is 9.88 Å². The number of rotatable bonds is 6. The second-order valence-electron chi connectivity index (χ2n) is 4.98. The summed E-state index contributed by atoms with van der Waals surface area (Å²) in [5.74, 6) is -0.214. The molecule has 0 aliphatic heterocycles. The van der Waals surface area contributed by atoms with E-state index in [1.807, 2.05) is 25.1 Å². The molecule has 0 atom stereocenters. The first-order valence-corrected chi connectivity index (χ1v) is 7.23. The molecule has 0 saturated heterocycles. The summed E-state index contributed by atoms with van der Waals surface area (Å²) in [7, 11) is 0. The summed E-state index contributed by atoms with van der Waals surface area (Å²) in [6, 6.07) is 12.4. The van der Waals surface area contributed by atoms with Gasteiger partial charge in [-0.25, -0.2) is 0 Å². The molecule has 0 aliphatic carbocycles. The van der Waals surface area contributed by atoms with Gasteiger partial charge in [0.15, 0.2) is 0 Å². The summed E-state index contributed by atoms with van der Waals surface area (Å²) in [5, 5.41) is 3.13. The molecule has 21 heavy (non-hydrogen) atoms. The molecular weight excluding hydrogens is 264 g/mol. The smallest absolute Gasteiger partial charge is 0.319 e. The molecule has 0 amide bonds. The average Bonchev–Trinajstić information content (AvgIpc) is 2.75. The van der Waals surface area contributed by atoms with Crippen molar-refractivity contribution in [2.75, 3.05) is 13.2 Å². The maximum Gasteiger partial charge on any atom is 0.319 e. The topological polar surface area (TPSA) is 43.3 Å². The van der Waals surface area contributed by atoms with Crippen LogP contribution in [0.2, 0.25) is 0 Å².